The van der Waals surface area contributed by atoms with E-state index in [0.717, 1.165) is 10.6 Å². The average molecular weight is 553 g/mol. The van der Waals surface area contributed by atoms with Crippen LogP contribution in [0.5, 0.6) is 5.75 Å². The minimum atomic E-state index is -3.83. The minimum absolute atomic E-state index is 0.0122. The molecule has 36 heavy (non-hydrogen) atoms. The van der Waals surface area contributed by atoms with E-state index < -0.39 is 22.5 Å². The van der Waals surface area contributed by atoms with Gasteiger partial charge >= 0.3 is 0 Å². The normalized spacial score (nSPS) is 11.3. The number of carbonyl (C=O) groups excluding carboxylic acids is 2. The van der Waals surface area contributed by atoms with Gasteiger partial charge in [-0.25, -0.2) is 13.8 Å². The fourth-order valence-corrected chi connectivity index (χ4v) is 4.17. The van der Waals surface area contributed by atoms with Crippen molar-refractivity contribution in [3.63, 3.8) is 0 Å². The number of hydrogen-bond donors (Lipinski definition) is 2. The highest BCUT2D eigenvalue weighted by Gasteiger charge is 2.23. The number of rotatable bonds is 11. The van der Waals surface area contributed by atoms with E-state index in [-0.39, 0.29) is 34.8 Å². The number of nitrogens with zero attached hydrogens (tertiary/aromatic N) is 2. The Balaban J connectivity index is 1.49. The summed E-state index contributed by atoms with van der Waals surface area (Å²) in [5, 5.41) is 6.68. The van der Waals surface area contributed by atoms with E-state index in [9.17, 15) is 18.0 Å². The number of benzene rings is 2. The second-order valence-corrected chi connectivity index (χ2v) is 10.0. The fraction of sp³-hybridized carbons (Fsp3) is 0.174. The van der Waals surface area contributed by atoms with Crippen LogP contribution in [-0.2, 0) is 26.2 Å². The molecule has 0 radical (unpaired) electrons. The third-order valence-corrected chi connectivity index (χ3v) is 6.52. The Morgan fingerprint density at radius 2 is 1.83 bits per heavy atom. The van der Waals surface area contributed by atoms with Gasteiger partial charge in [-0.05, 0) is 54.1 Å². The number of anilines is 1. The van der Waals surface area contributed by atoms with Crippen LogP contribution in [0.25, 0.3) is 0 Å². The van der Waals surface area contributed by atoms with Crippen molar-refractivity contribution in [1.29, 1.82) is 0 Å². The highest BCUT2D eigenvalue weighted by Crippen LogP contribution is 2.33. The molecule has 0 fully saturated rings. The third kappa shape index (κ3) is 8.01. The molecule has 190 valence electrons. The standard InChI is InChI=1S/C23H22Cl2N4O6S/c1-36(32,33)29(20-6-2-5-19(24)23(20)25)14-21(30)28-27-12-16-7-9-17(10-8-16)35-15-22(31)26-13-18-4-3-11-34-18/h2-12H,13-15H2,1H3,(H,26,31)(H,28,30)/b27-12+. The summed E-state index contributed by atoms with van der Waals surface area (Å²) in [6.07, 6.45) is 3.84. The second-order valence-electron chi connectivity index (χ2n) is 7.35. The molecule has 0 aliphatic heterocycles. The van der Waals surface area contributed by atoms with Crippen LogP contribution >= 0.6 is 23.2 Å². The summed E-state index contributed by atoms with van der Waals surface area (Å²) < 4.78 is 35.8. The lowest BCUT2D eigenvalue weighted by molar-refractivity contribution is -0.123. The zero-order chi connectivity index (χ0) is 26.1. The van der Waals surface area contributed by atoms with E-state index in [2.05, 4.69) is 15.8 Å². The van der Waals surface area contributed by atoms with E-state index in [0.29, 0.717) is 17.1 Å². The number of hydrogen-bond acceptors (Lipinski definition) is 7. The Hall–Kier alpha value is -3.54. The van der Waals surface area contributed by atoms with Crippen LogP contribution in [0.3, 0.4) is 0 Å². The van der Waals surface area contributed by atoms with Crippen molar-refractivity contribution >= 4 is 56.9 Å². The topological polar surface area (TPSA) is 130 Å². The van der Waals surface area contributed by atoms with Gasteiger partial charge in [-0.2, -0.15) is 5.10 Å². The van der Waals surface area contributed by atoms with Crippen LogP contribution in [0, 0.1) is 0 Å². The van der Waals surface area contributed by atoms with Gasteiger partial charge < -0.3 is 14.5 Å². The summed E-state index contributed by atoms with van der Waals surface area (Å²) in [7, 11) is -3.83. The summed E-state index contributed by atoms with van der Waals surface area (Å²) in [6.45, 7) is -0.451. The monoisotopic (exact) mass is 552 g/mol. The highest BCUT2D eigenvalue weighted by molar-refractivity contribution is 7.92. The predicted molar refractivity (Wildman–Crippen MR) is 137 cm³/mol. The van der Waals surface area contributed by atoms with Crippen LogP contribution in [0.4, 0.5) is 5.69 Å². The molecule has 10 nitrogen and oxygen atoms in total. The first-order chi connectivity index (χ1) is 17.1. The molecule has 3 aromatic rings. The lowest BCUT2D eigenvalue weighted by atomic mass is 10.2. The van der Waals surface area contributed by atoms with Crippen molar-refractivity contribution in [2.45, 2.75) is 6.54 Å². The molecule has 0 saturated heterocycles. The molecule has 0 aliphatic carbocycles. The maximum atomic E-state index is 12.3. The lowest BCUT2D eigenvalue weighted by Gasteiger charge is -2.22. The van der Waals surface area contributed by atoms with Crippen LogP contribution in [0.15, 0.2) is 70.4 Å². The number of furan rings is 1. The van der Waals surface area contributed by atoms with E-state index in [1.165, 1.54) is 30.7 Å². The Morgan fingerprint density at radius 3 is 2.50 bits per heavy atom. The number of amides is 2. The van der Waals surface area contributed by atoms with Crippen molar-refractivity contribution in [2.75, 3.05) is 23.7 Å². The molecule has 2 N–H and O–H groups in total. The number of hydrazone groups is 1. The molecule has 3 rings (SSSR count). The molecule has 0 unspecified atom stereocenters. The molecule has 0 aliphatic rings. The molecule has 2 aromatic carbocycles. The Kier molecular flexibility index (Phi) is 9.34. The van der Waals surface area contributed by atoms with Gasteiger partial charge in [0.05, 0.1) is 41.0 Å². The molecular weight excluding hydrogens is 531 g/mol. The van der Waals surface area contributed by atoms with Crippen molar-refractivity contribution in [3.05, 3.63) is 82.2 Å². The summed E-state index contributed by atoms with van der Waals surface area (Å²) in [5.41, 5.74) is 2.98. The predicted octanol–water partition coefficient (Wildman–Crippen LogP) is 3.20. The fourth-order valence-electron chi connectivity index (χ4n) is 2.86. The number of halogens is 2. The highest BCUT2D eigenvalue weighted by atomic mass is 35.5. The van der Waals surface area contributed by atoms with Gasteiger partial charge in [0.25, 0.3) is 11.8 Å². The van der Waals surface area contributed by atoms with Crippen molar-refractivity contribution in [1.82, 2.24) is 10.7 Å². The van der Waals surface area contributed by atoms with Crippen molar-refractivity contribution in [2.24, 2.45) is 5.10 Å². The first-order valence-electron chi connectivity index (χ1n) is 10.4. The van der Waals surface area contributed by atoms with E-state index in [1.807, 2.05) is 0 Å². The Bertz CT molecular complexity index is 1330. The molecule has 0 bridgehead atoms. The Labute approximate surface area is 217 Å². The zero-order valence-electron chi connectivity index (χ0n) is 19.0. The number of sulfonamides is 1. The number of ether oxygens (including phenoxy) is 1. The number of carbonyl (C=O) groups is 2. The quantitative estimate of drug-likeness (QED) is 0.277. The van der Waals surface area contributed by atoms with E-state index in [4.69, 9.17) is 32.4 Å². The van der Waals surface area contributed by atoms with Gasteiger partial charge in [-0.15, -0.1) is 0 Å². The maximum Gasteiger partial charge on any atom is 0.260 e. The van der Waals surface area contributed by atoms with Crippen LogP contribution in [-0.4, -0.2) is 45.9 Å². The smallest absolute Gasteiger partial charge is 0.260 e. The lowest BCUT2D eigenvalue weighted by Crippen LogP contribution is -2.39. The summed E-state index contributed by atoms with van der Waals surface area (Å²) >= 11 is 12.1. The van der Waals surface area contributed by atoms with Gasteiger partial charge in [0.2, 0.25) is 10.0 Å². The van der Waals surface area contributed by atoms with E-state index >= 15 is 0 Å². The van der Waals surface area contributed by atoms with Gasteiger partial charge in [0.15, 0.2) is 6.61 Å². The molecular formula is C23H22Cl2N4O6S. The van der Waals surface area contributed by atoms with Crippen LogP contribution in [0.1, 0.15) is 11.3 Å². The van der Waals surface area contributed by atoms with Gasteiger partial charge in [-0.3, -0.25) is 13.9 Å². The van der Waals surface area contributed by atoms with E-state index in [1.54, 1.807) is 36.4 Å². The molecule has 1 heterocycles. The van der Waals surface area contributed by atoms with Crippen molar-refractivity contribution < 1.29 is 27.2 Å². The summed E-state index contributed by atoms with van der Waals surface area (Å²) in [4.78, 5) is 24.2. The molecule has 0 saturated carbocycles. The maximum absolute atomic E-state index is 12.3. The molecule has 0 atom stereocenters. The van der Waals surface area contributed by atoms with Crippen LogP contribution in [0.2, 0.25) is 10.0 Å². The second kappa shape index (κ2) is 12.4. The molecule has 13 heteroatoms. The van der Waals surface area contributed by atoms with Gasteiger partial charge in [-0.1, -0.05) is 29.3 Å². The third-order valence-electron chi connectivity index (χ3n) is 4.58. The van der Waals surface area contributed by atoms with Crippen molar-refractivity contribution in [3.8, 4) is 5.75 Å². The zero-order valence-corrected chi connectivity index (χ0v) is 21.3. The van der Waals surface area contributed by atoms with Gasteiger partial charge in [0, 0.05) is 0 Å². The summed E-state index contributed by atoms with van der Waals surface area (Å²) in [6, 6.07) is 14.6. The molecule has 1 aromatic heterocycles. The first kappa shape index (κ1) is 27.1. The SMILES string of the molecule is CS(=O)(=O)N(CC(=O)N/N=C/c1ccc(OCC(=O)NCc2ccco2)cc1)c1cccc(Cl)c1Cl. The van der Waals surface area contributed by atoms with Gasteiger partial charge in [0.1, 0.15) is 18.1 Å². The molecule has 2 amide bonds. The summed E-state index contributed by atoms with van der Waals surface area (Å²) in [5.74, 6) is 0.109. The average Bonchev–Trinajstić information content (AvgIpc) is 3.36. The minimum Gasteiger partial charge on any atom is -0.484 e. The number of nitrogens with one attached hydrogen (secondary N) is 2. The largest absolute Gasteiger partial charge is 0.484 e. The Morgan fingerprint density at radius 1 is 1.08 bits per heavy atom. The first-order valence-corrected chi connectivity index (χ1v) is 13.0. The molecule has 0 spiro atoms. The van der Waals surface area contributed by atoms with Crippen LogP contribution < -0.4 is 19.8 Å².